The maximum atomic E-state index is 13.6. The molecule has 4 heterocycles. The summed E-state index contributed by atoms with van der Waals surface area (Å²) in [7, 11) is 0. The molecule has 220 valence electrons. The Balaban J connectivity index is 1.23. The van der Waals surface area contributed by atoms with Gasteiger partial charge in [0.25, 0.3) is 5.56 Å². The highest BCUT2D eigenvalue weighted by Crippen LogP contribution is 2.60. The Kier molecular flexibility index (Phi) is 6.19. The van der Waals surface area contributed by atoms with Crippen molar-refractivity contribution in [1.29, 1.82) is 0 Å². The van der Waals surface area contributed by atoms with Crippen LogP contribution in [-0.2, 0) is 11.2 Å². The number of fused-ring (bicyclic) bond motifs is 4. The molecule has 0 spiro atoms. The molecule has 4 aromatic rings. The van der Waals surface area contributed by atoms with E-state index >= 15 is 0 Å². The van der Waals surface area contributed by atoms with E-state index in [-0.39, 0.29) is 35.0 Å². The van der Waals surface area contributed by atoms with Crippen molar-refractivity contribution in [3.05, 3.63) is 99.0 Å². The Morgan fingerprint density at radius 1 is 1.09 bits per heavy atom. The number of aromatic amines is 1. The molecule has 0 bridgehead atoms. The number of nitrogens with two attached hydrogens (primary N) is 2. The topological polar surface area (TPSA) is 135 Å². The highest BCUT2D eigenvalue weighted by atomic mass is 35.5. The molecule has 13 heteroatoms. The molecule has 0 saturated heterocycles. The SMILES string of the molecule is N/C(=C\N(N)c1ccc(Cl)cc1-c1cc2n(c(=O)c1)C(c1cnc(-c3ccc4c(c3)CCC(=O)N4)[nH]1)C1CC21)C(F)(F)F. The van der Waals surface area contributed by atoms with Crippen molar-refractivity contribution in [2.24, 2.45) is 17.5 Å². The molecule has 2 aromatic heterocycles. The molecule has 1 saturated carbocycles. The second kappa shape index (κ2) is 9.75. The van der Waals surface area contributed by atoms with E-state index in [0.29, 0.717) is 41.0 Å². The first-order valence-electron chi connectivity index (χ1n) is 13.6. The van der Waals surface area contributed by atoms with Gasteiger partial charge in [0.05, 0.1) is 23.6 Å². The minimum Gasteiger partial charge on any atom is -0.393 e. The van der Waals surface area contributed by atoms with Crippen LogP contribution in [0, 0.1) is 5.92 Å². The lowest BCUT2D eigenvalue weighted by Crippen LogP contribution is -2.30. The lowest BCUT2D eigenvalue weighted by atomic mass is 10.0. The third-order valence-electron chi connectivity index (χ3n) is 8.34. The second-order valence-electron chi connectivity index (χ2n) is 11.1. The number of carbonyl (C=O) groups excluding carboxylic acids is 1. The van der Waals surface area contributed by atoms with E-state index in [1.807, 2.05) is 24.3 Å². The van der Waals surface area contributed by atoms with Crippen LogP contribution in [0.1, 0.15) is 41.8 Å². The van der Waals surface area contributed by atoms with Crippen molar-refractivity contribution in [2.45, 2.75) is 37.4 Å². The van der Waals surface area contributed by atoms with Gasteiger partial charge in [0, 0.05) is 52.1 Å². The predicted molar refractivity (Wildman–Crippen MR) is 156 cm³/mol. The standard InChI is InChI=1S/C30H25ClF3N7O2/c31-17-3-5-23(40(36)13-25(35)30(32,33)34)18(10-17)16-8-24-19-11-20(19)28(41(24)27(43)9-16)22-12-37-29(39-22)15-1-4-21-14(7-15)2-6-26(42)38-21/h1,3-5,7-10,12-13,19-20,28H,2,6,11,35-36H2,(H,37,39)(H,38,42)/b25-13-. The van der Waals surface area contributed by atoms with Crippen molar-refractivity contribution < 1.29 is 18.0 Å². The number of aromatic nitrogens is 3. The monoisotopic (exact) mass is 607 g/mol. The van der Waals surface area contributed by atoms with Gasteiger partial charge in [0.1, 0.15) is 11.5 Å². The quantitative estimate of drug-likeness (QED) is 0.182. The van der Waals surface area contributed by atoms with E-state index < -0.39 is 11.9 Å². The van der Waals surface area contributed by atoms with Crippen LogP contribution in [0.25, 0.3) is 22.5 Å². The summed E-state index contributed by atoms with van der Waals surface area (Å²) >= 11 is 6.25. The van der Waals surface area contributed by atoms with E-state index in [1.165, 1.54) is 18.2 Å². The number of halogens is 4. The molecule has 43 heavy (non-hydrogen) atoms. The van der Waals surface area contributed by atoms with Crippen molar-refractivity contribution >= 4 is 28.9 Å². The van der Waals surface area contributed by atoms with Gasteiger partial charge in [-0.1, -0.05) is 11.6 Å². The van der Waals surface area contributed by atoms with E-state index in [0.717, 1.165) is 39.6 Å². The van der Waals surface area contributed by atoms with E-state index in [1.54, 1.807) is 16.8 Å². The fourth-order valence-corrected chi connectivity index (χ4v) is 6.40. The van der Waals surface area contributed by atoms with Gasteiger partial charge in [0.2, 0.25) is 5.91 Å². The van der Waals surface area contributed by atoms with Gasteiger partial charge >= 0.3 is 6.18 Å². The summed E-state index contributed by atoms with van der Waals surface area (Å²) < 4.78 is 40.9. The lowest BCUT2D eigenvalue weighted by Gasteiger charge is -2.21. The maximum Gasteiger partial charge on any atom is 0.432 e. The number of alkyl halides is 3. The van der Waals surface area contributed by atoms with E-state index in [4.69, 9.17) is 23.2 Å². The molecule has 1 amide bonds. The van der Waals surface area contributed by atoms with Crippen LogP contribution < -0.4 is 27.5 Å². The molecular weight excluding hydrogens is 583 g/mol. The molecule has 2 aliphatic heterocycles. The number of imidazole rings is 1. The molecule has 3 aliphatic rings. The molecule has 9 nitrogen and oxygen atoms in total. The first kappa shape index (κ1) is 27.3. The number of pyridine rings is 1. The van der Waals surface area contributed by atoms with Crippen molar-refractivity contribution in [1.82, 2.24) is 14.5 Å². The first-order valence-corrected chi connectivity index (χ1v) is 14.0. The number of nitrogens with zero attached hydrogens (tertiary/aromatic N) is 3. The summed E-state index contributed by atoms with van der Waals surface area (Å²) in [5, 5.41) is 3.99. The number of rotatable bonds is 5. The van der Waals surface area contributed by atoms with Crippen LogP contribution in [0.15, 0.2) is 71.4 Å². The van der Waals surface area contributed by atoms with E-state index in [2.05, 4.69) is 15.3 Å². The molecule has 3 unspecified atom stereocenters. The molecule has 1 fully saturated rings. The number of anilines is 2. The average Bonchev–Trinajstić information content (AvgIpc) is 3.45. The Morgan fingerprint density at radius 3 is 2.70 bits per heavy atom. The third kappa shape index (κ3) is 4.76. The molecule has 3 atom stereocenters. The number of H-pyrrole nitrogens is 1. The van der Waals surface area contributed by atoms with Crippen LogP contribution in [0.4, 0.5) is 24.5 Å². The van der Waals surface area contributed by atoms with Crippen LogP contribution >= 0.6 is 11.6 Å². The number of nitrogens with one attached hydrogen (secondary N) is 2. The summed E-state index contributed by atoms with van der Waals surface area (Å²) in [5.41, 5.74) is 9.02. The van der Waals surface area contributed by atoms with Gasteiger partial charge in [0.15, 0.2) is 0 Å². The Labute approximate surface area is 247 Å². The van der Waals surface area contributed by atoms with E-state index in [9.17, 15) is 22.8 Å². The number of allylic oxidation sites excluding steroid dienone is 1. The third-order valence-corrected chi connectivity index (χ3v) is 8.58. The molecule has 0 radical (unpaired) electrons. The zero-order chi connectivity index (χ0) is 30.2. The number of amides is 1. The minimum atomic E-state index is -4.75. The molecular formula is C30H25ClF3N7O2. The zero-order valence-electron chi connectivity index (χ0n) is 22.5. The van der Waals surface area contributed by atoms with Crippen molar-refractivity contribution in [3.8, 4) is 22.5 Å². The molecule has 6 N–H and O–H groups in total. The number of hydrogen-bond donors (Lipinski definition) is 4. The number of hydrazine groups is 1. The van der Waals surface area contributed by atoms with Crippen LogP contribution in [-0.4, -0.2) is 26.6 Å². The summed E-state index contributed by atoms with van der Waals surface area (Å²) in [6.45, 7) is 0. The minimum absolute atomic E-state index is 0.00273. The first-order chi connectivity index (χ1) is 20.5. The normalized spacial score (nSPS) is 20.7. The van der Waals surface area contributed by atoms with Gasteiger partial charge in [-0.25, -0.2) is 10.8 Å². The second-order valence-corrected chi connectivity index (χ2v) is 11.5. The Hall–Kier alpha value is -4.55. The van der Waals surface area contributed by atoms with Crippen LogP contribution in [0.2, 0.25) is 5.02 Å². The van der Waals surface area contributed by atoms with Crippen molar-refractivity contribution in [2.75, 3.05) is 10.3 Å². The number of hydrogen-bond acceptors (Lipinski definition) is 6. The Morgan fingerprint density at radius 2 is 1.91 bits per heavy atom. The number of carbonyl (C=O) groups is 1. The highest BCUT2D eigenvalue weighted by molar-refractivity contribution is 6.31. The molecule has 7 rings (SSSR count). The lowest BCUT2D eigenvalue weighted by molar-refractivity contribution is -0.116. The Bertz CT molecular complexity index is 1900. The maximum absolute atomic E-state index is 13.6. The van der Waals surface area contributed by atoms with Crippen LogP contribution in [0.3, 0.4) is 0 Å². The molecule has 2 aromatic carbocycles. The predicted octanol–water partition coefficient (Wildman–Crippen LogP) is 5.19. The summed E-state index contributed by atoms with van der Waals surface area (Å²) in [5.74, 6) is 7.00. The van der Waals surface area contributed by atoms with Gasteiger partial charge in [-0.3, -0.25) is 14.6 Å². The molecule has 1 aliphatic carbocycles. The van der Waals surface area contributed by atoms with Crippen LogP contribution in [0.5, 0.6) is 0 Å². The van der Waals surface area contributed by atoms with Gasteiger partial charge in [-0.05, 0) is 72.4 Å². The van der Waals surface area contributed by atoms with Gasteiger partial charge in [-0.2, -0.15) is 13.2 Å². The number of benzene rings is 2. The highest BCUT2D eigenvalue weighted by Gasteiger charge is 2.54. The fraction of sp³-hybridized carbons (Fsp3) is 0.233. The smallest absolute Gasteiger partial charge is 0.393 e. The largest absolute Gasteiger partial charge is 0.432 e. The summed E-state index contributed by atoms with van der Waals surface area (Å²) in [6.07, 6.45) is -0.431. The zero-order valence-corrected chi connectivity index (χ0v) is 23.2. The average molecular weight is 608 g/mol. The van der Waals surface area contributed by atoms with Gasteiger partial charge < -0.3 is 20.6 Å². The summed E-state index contributed by atoms with van der Waals surface area (Å²) in [6, 6.07) is 13.4. The van der Waals surface area contributed by atoms with Crippen molar-refractivity contribution in [3.63, 3.8) is 0 Å². The summed E-state index contributed by atoms with van der Waals surface area (Å²) in [4.78, 5) is 33.4. The fourth-order valence-electron chi connectivity index (χ4n) is 6.22. The number of aryl methyl sites for hydroxylation is 1. The van der Waals surface area contributed by atoms with Gasteiger partial charge in [-0.15, -0.1) is 0 Å².